The Hall–Kier alpha value is -1.23. The molecular weight excluding hydrogens is 263 g/mol. The molecule has 0 saturated heterocycles. The molecule has 0 radical (unpaired) electrons. The standard InChI is InChI=1S/C10H8BrFN2O/c1-6-13-10(14-15-6)7-2-3-8(5-11)9(12)4-7/h2-4H,5H2,1H3. The van der Waals surface area contributed by atoms with Gasteiger partial charge < -0.3 is 4.52 Å². The summed E-state index contributed by atoms with van der Waals surface area (Å²) in [5.41, 5.74) is 1.23. The van der Waals surface area contributed by atoms with E-state index in [1.165, 1.54) is 6.07 Å². The maximum atomic E-state index is 13.4. The third kappa shape index (κ3) is 2.07. The molecule has 15 heavy (non-hydrogen) atoms. The zero-order valence-corrected chi connectivity index (χ0v) is 9.58. The van der Waals surface area contributed by atoms with E-state index in [2.05, 4.69) is 26.1 Å². The van der Waals surface area contributed by atoms with Gasteiger partial charge in [0.2, 0.25) is 11.7 Å². The highest BCUT2D eigenvalue weighted by Gasteiger charge is 2.08. The van der Waals surface area contributed by atoms with Crippen LogP contribution in [-0.2, 0) is 5.33 Å². The zero-order chi connectivity index (χ0) is 10.8. The van der Waals surface area contributed by atoms with Gasteiger partial charge in [-0.15, -0.1) is 0 Å². The molecule has 3 nitrogen and oxygen atoms in total. The molecule has 0 N–H and O–H groups in total. The fraction of sp³-hybridized carbons (Fsp3) is 0.200. The van der Waals surface area contributed by atoms with Gasteiger partial charge in [-0.25, -0.2) is 4.39 Å². The number of hydrogen-bond donors (Lipinski definition) is 0. The fourth-order valence-corrected chi connectivity index (χ4v) is 1.67. The summed E-state index contributed by atoms with van der Waals surface area (Å²) >= 11 is 3.20. The lowest BCUT2D eigenvalue weighted by Crippen LogP contribution is -1.88. The molecule has 0 saturated carbocycles. The van der Waals surface area contributed by atoms with Crippen molar-refractivity contribution in [2.75, 3.05) is 0 Å². The van der Waals surface area contributed by atoms with Crippen molar-refractivity contribution >= 4 is 15.9 Å². The molecule has 1 aromatic carbocycles. The number of alkyl halides is 1. The molecule has 0 atom stereocenters. The smallest absolute Gasteiger partial charge is 0.223 e. The van der Waals surface area contributed by atoms with E-state index in [0.717, 1.165) is 0 Å². The first-order valence-electron chi connectivity index (χ1n) is 4.36. The summed E-state index contributed by atoms with van der Waals surface area (Å²) < 4.78 is 18.2. The molecule has 2 aromatic rings. The first kappa shape index (κ1) is 10.3. The highest BCUT2D eigenvalue weighted by Crippen LogP contribution is 2.20. The predicted octanol–water partition coefficient (Wildman–Crippen LogP) is 3.08. The van der Waals surface area contributed by atoms with Crippen LogP contribution in [0, 0.1) is 12.7 Å². The number of hydrogen-bond acceptors (Lipinski definition) is 3. The van der Waals surface area contributed by atoms with Gasteiger partial charge in [-0.05, 0) is 11.6 Å². The summed E-state index contributed by atoms with van der Waals surface area (Å²) in [7, 11) is 0. The van der Waals surface area contributed by atoms with Crippen LogP contribution in [0.25, 0.3) is 11.4 Å². The second-order valence-corrected chi connectivity index (χ2v) is 3.64. The van der Waals surface area contributed by atoms with Crippen LogP contribution >= 0.6 is 15.9 Å². The van der Waals surface area contributed by atoms with Crippen molar-refractivity contribution in [2.45, 2.75) is 12.3 Å². The van der Waals surface area contributed by atoms with Crippen LogP contribution < -0.4 is 0 Å². The third-order valence-corrected chi connectivity index (χ3v) is 2.59. The van der Waals surface area contributed by atoms with Crippen molar-refractivity contribution in [2.24, 2.45) is 0 Å². The van der Waals surface area contributed by atoms with Gasteiger partial charge in [0.1, 0.15) is 5.82 Å². The number of aryl methyl sites for hydroxylation is 1. The quantitative estimate of drug-likeness (QED) is 0.788. The van der Waals surface area contributed by atoms with Gasteiger partial charge in [0, 0.05) is 17.8 Å². The minimum absolute atomic E-state index is 0.271. The van der Waals surface area contributed by atoms with Crippen LogP contribution in [0.5, 0.6) is 0 Å². The predicted molar refractivity (Wildman–Crippen MR) is 57.1 cm³/mol. The molecule has 78 valence electrons. The highest BCUT2D eigenvalue weighted by atomic mass is 79.9. The van der Waals surface area contributed by atoms with Crippen LogP contribution in [0.3, 0.4) is 0 Å². The monoisotopic (exact) mass is 270 g/mol. The molecule has 0 bridgehead atoms. The Morgan fingerprint density at radius 2 is 2.27 bits per heavy atom. The van der Waals surface area contributed by atoms with Gasteiger partial charge in [-0.2, -0.15) is 4.98 Å². The minimum Gasteiger partial charge on any atom is -0.339 e. The van der Waals surface area contributed by atoms with E-state index in [1.54, 1.807) is 19.1 Å². The highest BCUT2D eigenvalue weighted by molar-refractivity contribution is 9.08. The average molecular weight is 271 g/mol. The molecular formula is C10H8BrFN2O. The number of rotatable bonds is 2. The molecule has 1 heterocycles. The lowest BCUT2D eigenvalue weighted by molar-refractivity contribution is 0.394. The lowest BCUT2D eigenvalue weighted by Gasteiger charge is -1.99. The van der Waals surface area contributed by atoms with E-state index in [0.29, 0.717) is 28.2 Å². The summed E-state index contributed by atoms with van der Waals surface area (Å²) in [5.74, 6) is 0.606. The molecule has 1 aromatic heterocycles. The SMILES string of the molecule is Cc1nc(-c2ccc(CBr)c(F)c2)no1. The van der Waals surface area contributed by atoms with Crippen molar-refractivity contribution in [1.82, 2.24) is 10.1 Å². The lowest BCUT2D eigenvalue weighted by atomic mass is 10.1. The van der Waals surface area contributed by atoms with Crippen LogP contribution in [0.15, 0.2) is 22.7 Å². The number of halogens is 2. The molecule has 2 rings (SSSR count). The fourth-order valence-electron chi connectivity index (χ4n) is 1.21. The zero-order valence-electron chi connectivity index (χ0n) is 8.00. The Morgan fingerprint density at radius 3 is 2.80 bits per heavy atom. The van der Waals surface area contributed by atoms with Crippen molar-refractivity contribution in [3.05, 3.63) is 35.5 Å². The Balaban J connectivity index is 2.42. The van der Waals surface area contributed by atoms with Crippen molar-refractivity contribution in [3.8, 4) is 11.4 Å². The van der Waals surface area contributed by atoms with E-state index in [1.807, 2.05) is 0 Å². The van der Waals surface area contributed by atoms with Gasteiger partial charge in [0.15, 0.2) is 0 Å². The molecule has 0 aliphatic carbocycles. The molecule has 0 aliphatic rings. The van der Waals surface area contributed by atoms with Gasteiger partial charge in [-0.1, -0.05) is 33.2 Å². The molecule has 0 spiro atoms. The summed E-state index contributed by atoms with van der Waals surface area (Å²) in [6, 6.07) is 4.87. The van der Waals surface area contributed by atoms with Gasteiger partial charge in [-0.3, -0.25) is 0 Å². The normalized spacial score (nSPS) is 10.6. The topological polar surface area (TPSA) is 38.9 Å². The first-order valence-corrected chi connectivity index (χ1v) is 5.48. The van der Waals surface area contributed by atoms with E-state index in [-0.39, 0.29) is 5.82 Å². The van der Waals surface area contributed by atoms with Gasteiger partial charge >= 0.3 is 0 Å². The summed E-state index contributed by atoms with van der Waals surface area (Å²) in [5, 5.41) is 4.21. The van der Waals surface area contributed by atoms with Crippen LogP contribution in [-0.4, -0.2) is 10.1 Å². The van der Waals surface area contributed by atoms with E-state index < -0.39 is 0 Å². The van der Waals surface area contributed by atoms with Crippen LogP contribution in [0.2, 0.25) is 0 Å². The second-order valence-electron chi connectivity index (χ2n) is 3.08. The summed E-state index contributed by atoms with van der Waals surface area (Å²) in [4.78, 5) is 4.02. The van der Waals surface area contributed by atoms with Crippen LogP contribution in [0.4, 0.5) is 4.39 Å². The van der Waals surface area contributed by atoms with Gasteiger partial charge in [0.05, 0.1) is 0 Å². The van der Waals surface area contributed by atoms with Crippen LogP contribution in [0.1, 0.15) is 11.5 Å². The second kappa shape index (κ2) is 4.10. The molecule has 0 fully saturated rings. The summed E-state index contributed by atoms with van der Waals surface area (Å²) in [6.07, 6.45) is 0. The van der Waals surface area contributed by atoms with E-state index in [9.17, 15) is 4.39 Å². The van der Waals surface area contributed by atoms with Crippen molar-refractivity contribution < 1.29 is 8.91 Å². The Morgan fingerprint density at radius 1 is 1.47 bits per heavy atom. The minimum atomic E-state index is -0.271. The maximum absolute atomic E-state index is 13.4. The third-order valence-electron chi connectivity index (χ3n) is 1.98. The van der Waals surface area contributed by atoms with E-state index in [4.69, 9.17) is 4.52 Å². The van der Waals surface area contributed by atoms with Crippen molar-refractivity contribution in [1.29, 1.82) is 0 Å². The molecule has 0 unspecified atom stereocenters. The van der Waals surface area contributed by atoms with Crippen molar-refractivity contribution in [3.63, 3.8) is 0 Å². The van der Waals surface area contributed by atoms with Gasteiger partial charge in [0.25, 0.3) is 0 Å². The molecule has 5 heteroatoms. The Bertz CT molecular complexity index is 484. The Kier molecular flexibility index (Phi) is 2.81. The van der Waals surface area contributed by atoms with E-state index >= 15 is 0 Å². The molecule has 0 aliphatic heterocycles. The molecule has 0 amide bonds. The Labute approximate surface area is 94.4 Å². The number of benzene rings is 1. The average Bonchev–Trinajstić information content (AvgIpc) is 2.65. The maximum Gasteiger partial charge on any atom is 0.223 e. The first-order chi connectivity index (χ1) is 7.20. The summed E-state index contributed by atoms with van der Waals surface area (Å²) in [6.45, 7) is 1.69. The number of aromatic nitrogens is 2. The number of nitrogens with zero attached hydrogens (tertiary/aromatic N) is 2. The largest absolute Gasteiger partial charge is 0.339 e.